The number of amides is 3. The zero-order chi connectivity index (χ0) is 26.9. The number of aryl methyl sites for hydroxylation is 1. The average molecular weight is 514 g/mol. The van der Waals surface area contributed by atoms with Crippen molar-refractivity contribution >= 4 is 17.7 Å². The van der Waals surface area contributed by atoms with Gasteiger partial charge in [-0.25, -0.2) is 0 Å². The lowest BCUT2D eigenvalue weighted by Crippen LogP contribution is -2.63. The van der Waals surface area contributed by atoms with E-state index in [0.717, 1.165) is 16.7 Å². The summed E-state index contributed by atoms with van der Waals surface area (Å²) in [7, 11) is 0. The molecule has 1 aliphatic rings. The molecule has 2 unspecified atom stereocenters. The Balaban J connectivity index is 1.46. The van der Waals surface area contributed by atoms with E-state index in [4.69, 9.17) is 11.5 Å². The minimum absolute atomic E-state index is 0.100. The van der Waals surface area contributed by atoms with Crippen molar-refractivity contribution in [1.29, 1.82) is 0 Å². The summed E-state index contributed by atoms with van der Waals surface area (Å²) in [6.07, 6.45) is 1.13. The highest BCUT2D eigenvalue weighted by atomic mass is 16.2. The van der Waals surface area contributed by atoms with Gasteiger partial charge < -0.3 is 26.6 Å². The number of benzene rings is 3. The van der Waals surface area contributed by atoms with Crippen molar-refractivity contribution in [2.45, 2.75) is 38.0 Å². The Morgan fingerprint density at radius 3 is 2.13 bits per heavy atom. The van der Waals surface area contributed by atoms with Gasteiger partial charge in [-0.3, -0.25) is 14.4 Å². The molecule has 3 amide bonds. The van der Waals surface area contributed by atoms with Gasteiger partial charge in [0, 0.05) is 31.7 Å². The summed E-state index contributed by atoms with van der Waals surface area (Å²) in [4.78, 5) is 43.1. The molecule has 0 spiro atoms. The highest BCUT2D eigenvalue weighted by molar-refractivity contribution is 5.96. The quantitative estimate of drug-likeness (QED) is 0.404. The number of hydrogen-bond acceptors (Lipinski definition) is 5. The first-order chi connectivity index (χ1) is 18.5. The van der Waals surface area contributed by atoms with Gasteiger partial charge in [0.05, 0.1) is 12.6 Å². The third kappa shape index (κ3) is 6.85. The lowest BCUT2D eigenvalue weighted by Gasteiger charge is -2.41. The standard InChI is InChI=1S/C30H35N5O3/c31-19-23-11-13-24(14-12-23)20-33-28(36)27-21-34(29(37)25-9-5-2-6-10-25)17-18-35(27)30(38)26(32)16-15-22-7-3-1-4-8-22/h1-14,26-27H,15-21,31-32H2,(H,33,36). The van der Waals surface area contributed by atoms with Crippen LogP contribution in [0, 0.1) is 0 Å². The molecule has 3 aromatic carbocycles. The molecule has 5 N–H and O–H groups in total. The van der Waals surface area contributed by atoms with Crippen LogP contribution in [0.1, 0.15) is 33.5 Å². The molecule has 0 radical (unpaired) electrons. The first-order valence-corrected chi connectivity index (χ1v) is 13.0. The van der Waals surface area contributed by atoms with Crippen molar-refractivity contribution in [3.05, 3.63) is 107 Å². The van der Waals surface area contributed by atoms with Crippen LogP contribution in [-0.2, 0) is 29.1 Å². The lowest BCUT2D eigenvalue weighted by atomic mass is 10.0. The van der Waals surface area contributed by atoms with Crippen molar-refractivity contribution in [2.24, 2.45) is 11.5 Å². The molecule has 2 atom stereocenters. The second-order valence-corrected chi connectivity index (χ2v) is 9.53. The smallest absolute Gasteiger partial charge is 0.253 e. The Morgan fingerprint density at radius 1 is 0.842 bits per heavy atom. The minimum atomic E-state index is -0.838. The molecule has 1 saturated heterocycles. The maximum Gasteiger partial charge on any atom is 0.253 e. The molecule has 1 fully saturated rings. The summed E-state index contributed by atoms with van der Waals surface area (Å²) in [6.45, 7) is 1.41. The van der Waals surface area contributed by atoms with Gasteiger partial charge in [-0.1, -0.05) is 72.8 Å². The van der Waals surface area contributed by atoms with Gasteiger partial charge in [-0.2, -0.15) is 0 Å². The molecule has 1 aliphatic heterocycles. The molecule has 0 aliphatic carbocycles. The second-order valence-electron chi connectivity index (χ2n) is 9.53. The molecule has 198 valence electrons. The molecule has 8 nitrogen and oxygen atoms in total. The SMILES string of the molecule is NCc1ccc(CNC(=O)C2CN(C(=O)c3ccccc3)CCN2C(=O)C(N)CCc2ccccc2)cc1. The third-order valence-electron chi connectivity index (χ3n) is 6.90. The first-order valence-electron chi connectivity index (χ1n) is 13.0. The molecule has 3 aromatic rings. The van der Waals surface area contributed by atoms with Gasteiger partial charge in [0.15, 0.2) is 0 Å². The van der Waals surface area contributed by atoms with Gasteiger partial charge >= 0.3 is 0 Å². The van der Waals surface area contributed by atoms with Crippen molar-refractivity contribution < 1.29 is 14.4 Å². The molecule has 38 heavy (non-hydrogen) atoms. The zero-order valence-corrected chi connectivity index (χ0v) is 21.5. The van der Waals surface area contributed by atoms with Gasteiger partial charge in [0.25, 0.3) is 5.91 Å². The molecule has 0 bridgehead atoms. The van der Waals surface area contributed by atoms with Crippen LogP contribution in [0.3, 0.4) is 0 Å². The van der Waals surface area contributed by atoms with Crippen LogP contribution in [-0.4, -0.2) is 59.2 Å². The third-order valence-corrected chi connectivity index (χ3v) is 6.90. The van der Waals surface area contributed by atoms with E-state index in [1.165, 1.54) is 4.90 Å². The molecular weight excluding hydrogens is 478 g/mol. The summed E-state index contributed by atoms with van der Waals surface area (Å²) in [5.74, 6) is -0.761. The van der Waals surface area contributed by atoms with E-state index < -0.39 is 12.1 Å². The van der Waals surface area contributed by atoms with Crippen molar-refractivity contribution in [3.8, 4) is 0 Å². The Bertz CT molecular complexity index is 1220. The number of nitrogens with one attached hydrogen (secondary N) is 1. The predicted octanol–water partition coefficient (Wildman–Crippen LogP) is 2.07. The maximum absolute atomic E-state index is 13.4. The van der Waals surface area contributed by atoms with Crippen molar-refractivity contribution in [3.63, 3.8) is 0 Å². The van der Waals surface area contributed by atoms with Crippen LogP contribution < -0.4 is 16.8 Å². The van der Waals surface area contributed by atoms with E-state index >= 15 is 0 Å². The largest absolute Gasteiger partial charge is 0.350 e. The fourth-order valence-electron chi connectivity index (χ4n) is 4.62. The van der Waals surface area contributed by atoms with Crippen LogP contribution in [0.15, 0.2) is 84.9 Å². The van der Waals surface area contributed by atoms with E-state index in [0.29, 0.717) is 38.0 Å². The van der Waals surface area contributed by atoms with E-state index in [1.807, 2.05) is 60.7 Å². The molecule has 0 saturated carbocycles. The number of carbonyl (C=O) groups excluding carboxylic acids is 3. The van der Waals surface area contributed by atoms with Gasteiger partial charge in [-0.05, 0) is 41.7 Å². The molecule has 4 rings (SSSR count). The van der Waals surface area contributed by atoms with E-state index in [-0.39, 0.29) is 30.8 Å². The molecule has 8 heteroatoms. The Morgan fingerprint density at radius 2 is 1.47 bits per heavy atom. The number of hydrogen-bond donors (Lipinski definition) is 3. The number of piperazine rings is 1. The number of nitrogens with zero attached hydrogens (tertiary/aromatic N) is 2. The van der Waals surface area contributed by atoms with Crippen molar-refractivity contribution in [1.82, 2.24) is 15.1 Å². The Kier molecular flexibility index (Phi) is 9.24. The normalized spacial score (nSPS) is 16.1. The second kappa shape index (κ2) is 13.0. The fraction of sp³-hybridized carbons (Fsp3) is 0.300. The summed E-state index contributed by atoms with van der Waals surface area (Å²) in [5, 5.41) is 2.94. The van der Waals surface area contributed by atoms with Gasteiger partial charge in [0.1, 0.15) is 6.04 Å². The summed E-state index contributed by atoms with van der Waals surface area (Å²) in [5.41, 5.74) is 15.6. The van der Waals surface area contributed by atoms with Crippen LogP contribution in [0.2, 0.25) is 0 Å². The zero-order valence-electron chi connectivity index (χ0n) is 21.5. The van der Waals surface area contributed by atoms with Gasteiger partial charge in [0.2, 0.25) is 11.8 Å². The molecular formula is C30H35N5O3. The van der Waals surface area contributed by atoms with Gasteiger partial charge in [-0.15, -0.1) is 0 Å². The van der Waals surface area contributed by atoms with E-state index in [9.17, 15) is 14.4 Å². The van der Waals surface area contributed by atoms with Crippen molar-refractivity contribution in [2.75, 3.05) is 19.6 Å². The lowest BCUT2D eigenvalue weighted by molar-refractivity contribution is -0.144. The van der Waals surface area contributed by atoms with Crippen LogP contribution >= 0.6 is 0 Å². The highest BCUT2D eigenvalue weighted by Gasteiger charge is 2.38. The molecule has 0 aromatic heterocycles. The Labute approximate surface area is 223 Å². The summed E-state index contributed by atoms with van der Waals surface area (Å²) >= 11 is 0. The number of rotatable bonds is 9. The van der Waals surface area contributed by atoms with Crippen LogP contribution in [0.25, 0.3) is 0 Å². The van der Waals surface area contributed by atoms with Crippen LogP contribution in [0.4, 0.5) is 0 Å². The average Bonchev–Trinajstić information content (AvgIpc) is 2.98. The minimum Gasteiger partial charge on any atom is -0.350 e. The monoisotopic (exact) mass is 513 g/mol. The topological polar surface area (TPSA) is 122 Å². The number of carbonyl (C=O) groups is 3. The Hall–Kier alpha value is -4.01. The number of nitrogens with two attached hydrogens (primary N) is 2. The fourth-order valence-corrected chi connectivity index (χ4v) is 4.62. The van der Waals surface area contributed by atoms with Crippen LogP contribution in [0.5, 0.6) is 0 Å². The maximum atomic E-state index is 13.4. The van der Waals surface area contributed by atoms with E-state index in [1.54, 1.807) is 29.2 Å². The molecule has 1 heterocycles. The summed E-state index contributed by atoms with van der Waals surface area (Å²) in [6, 6.07) is 24.9. The first kappa shape index (κ1) is 27.0. The predicted molar refractivity (Wildman–Crippen MR) is 147 cm³/mol. The van der Waals surface area contributed by atoms with E-state index in [2.05, 4.69) is 5.32 Å². The highest BCUT2D eigenvalue weighted by Crippen LogP contribution is 2.17. The summed E-state index contributed by atoms with van der Waals surface area (Å²) < 4.78 is 0.